The van der Waals surface area contributed by atoms with Crippen molar-refractivity contribution in [3.63, 3.8) is 0 Å². The van der Waals surface area contributed by atoms with Crippen molar-refractivity contribution in [2.24, 2.45) is 0 Å². The van der Waals surface area contributed by atoms with Gasteiger partial charge < -0.3 is 20.3 Å². The number of phenolic OH excluding ortho intramolecular Hbond substituents is 1. The normalized spacial score (nSPS) is 11.1. The quantitative estimate of drug-likeness (QED) is 0.0482. The van der Waals surface area contributed by atoms with Crippen LogP contribution in [0.5, 0.6) is 11.5 Å². The number of nitrogens with zero attached hydrogens (tertiary/aromatic N) is 1. The summed E-state index contributed by atoms with van der Waals surface area (Å²) in [4.78, 5) is 40.9. The third kappa shape index (κ3) is 14.6. The van der Waals surface area contributed by atoms with Gasteiger partial charge in [-0.15, -0.1) is 47.3 Å². The number of methoxy groups -OCH3 is 1. The van der Waals surface area contributed by atoms with E-state index in [-0.39, 0.29) is 32.9 Å². The fraction of sp³-hybridized carbons (Fsp3) is 0.136. The van der Waals surface area contributed by atoms with Crippen LogP contribution in [0, 0.1) is 0 Å². The molecule has 6 rings (SSSR count). The third-order valence-corrected chi connectivity index (χ3v) is 7.80. The summed E-state index contributed by atoms with van der Waals surface area (Å²) in [7, 11) is 1.65. The number of pyridine rings is 1. The standard InChI is InChI=1S/C26H26O4.C18H14N2O2.BBr3/c1-26(2,3)30-25(28)16-19-5-9-20(10-6-19)24(27)14-8-18-7-11-22-17-23(29-4)13-12-21(22)15-18;19-14-4-1-12(2-5-14)18(22)10-7-15-6-3-13-11-16(21)8-9-17(13)20-15;2-1(3)4/h5-15,17H,16H2,1-4H3;1-11,21H,19H2;/b14-8+;10-7+;. The molecule has 0 saturated heterocycles. The van der Waals surface area contributed by atoms with Crippen LogP contribution in [0.25, 0.3) is 33.8 Å². The molecule has 3 N–H and O–H groups in total. The molecule has 0 aliphatic heterocycles. The van der Waals surface area contributed by atoms with Gasteiger partial charge in [0.05, 0.1) is 24.7 Å². The Morgan fingerprint density at radius 1 is 0.732 bits per heavy atom. The zero-order valence-electron chi connectivity index (χ0n) is 31.2. The van der Waals surface area contributed by atoms with Crippen molar-refractivity contribution in [3.05, 3.63) is 155 Å². The molecule has 286 valence electrons. The maximum Gasteiger partial charge on any atom is 0.369 e. The average Bonchev–Trinajstić information content (AvgIpc) is 3.15. The van der Waals surface area contributed by atoms with Crippen molar-refractivity contribution in [3.8, 4) is 11.5 Å². The molecule has 5 aromatic carbocycles. The SMILES string of the molecule is BrB(Br)Br.COc1ccc2cc(/C=C/C(=O)c3ccc(CC(=O)OC(C)(C)C)cc3)ccc2c1.Nc1ccc(C(=O)/C=C/c2ccc3cc(O)ccc3n2)cc1. The molecule has 56 heavy (non-hydrogen) atoms. The first-order chi connectivity index (χ1) is 26.6. The van der Waals surface area contributed by atoms with E-state index in [1.807, 2.05) is 63.2 Å². The lowest BCUT2D eigenvalue weighted by molar-refractivity contribution is -0.153. The highest BCUT2D eigenvalue weighted by molar-refractivity contribution is 9.69. The maximum atomic E-state index is 12.5. The number of rotatable bonds is 9. The number of esters is 1. The molecule has 6 aromatic rings. The van der Waals surface area contributed by atoms with Gasteiger partial charge in [-0.3, -0.25) is 14.4 Å². The Hall–Kier alpha value is -5.04. The van der Waals surface area contributed by atoms with Gasteiger partial charge in [0.25, 0.3) is 0 Å². The molecule has 0 radical (unpaired) electrons. The number of hydrogen-bond donors (Lipinski definition) is 2. The van der Waals surface area contributed by atoms with Gasteiger partial charge in [0.2, 0.25) is 0 Å². The average molecular weight is 943 g/mol. The lowest BCUT2D eigenvalue weighted by Gasteiger charge is -2.19. The zero-order valence-corrected chi connectivity index (χ0v) is 36.0. The maximum absolute atomic E-state index is 12.5. The van der Waals surface area contributed by atoms with Crippen molar-refractivity contribution >= 4 is 108 Å². The number of hydrogen-bond acceptors (Lipinski definition) is 8. The minimum Gasteiger partial charge on any atom is -0.508 e. The lowest BCUT2D eigenvalue weighted by Crippen LogP contribution is -2.24. The number of anilines is 1. The van der Waals surface area contributed by atoms with Gasteiger partial charge in [-0.25, -0.2) is 4.98 Å². The first-order valence-electron chi connectivity index (χ1n) is 17.3. The second-order valence-electron chi connectivity index (χ2n) is 13.3. The molecular formula is C44H40BBr3N2O6. The van der Waals surface area contributed by atoms with E-state index in [9.17, 15) is 19.5 Å². The van der Waals surface area contributed by atoms with E-state index in [0.29, 0.717) is 22.5 Å². The largest absolute Gasteiger partial charge is 0.508 e. The van der Waals surface area contributed by atoms with E-state index in [0.717, 1.165) is 38.6 Å². The Kier molecular flexibility index (Phi) is 16.2. The number of carbonyl (C=O) groups is 3. The Morgan fingerprint density at radius 2 is 1.30 bits per heavy atom. The predicted molar refractivity (Wildman–Crippen MR) is 240 cm³/mol. The van der Waals surface area contributed by atoms with E-state index in [1.165, 1.54) is 6.08 Å². The number of fused-ring (bicyclic) bond motifs is 2. The number of aromatic nitrogens is 1. The van der Waals surface area contributed by atoms with Crippen LogP contribution in [-0.2, 0) is 16.0 Å². The molecule has 0 aliphatic rings. The number of halogens is 3. The number of aromatic hydroxyl groups is 1. The molecule has 1 heterocycles. The van der Waals surface area contributed by atoms with Gasteiger partial charge in [-0.2, -0.15) is 0 Å². The van der Waals surface area contributed by atoms with Crippen LogP contribution in [0.15, 0.2) is 127 Å². The Balaban J connectivity index is 0.000000235. The molecule has 0 atom stereocenters. The summed E-state index contributed by atoms with van der Waals surface area (Å²) in [5.41, 5.74) is 10.1. The monoisotopic (exact) mass is 940 g/mol. The van der Waals surface area contributed by atoms with E-state index >= 15 is 0 Å². The first-order valence-corrected chi connectivity index (χ1v) is 20.0. The summed E-state index contributed by atoms with van der Waals surface area (Å²) in [6.45, 7) is 5.52. The van der Waals surface area contributed by atoms with E-state index < -0.39 is 5.60 Å². The Bertz CT molecular complexity index is 2350. The molecule has 0 spiro atoms. The van der Waals surface area contributed by atoms with Crippen molar-refractivity contribution < 1.29 is 29.0 Å². The smallest absolute Gasteiger partial charge is 0.369 e. The minimum absolute atomic E-state index is 0.0892. The molecule has 8 nitrogen and oxygen atoms in total. The van der Waals surface area contributed by atoms with Crippen LogP contribution in [0.4, 0.5) is 5.69 Å². The van der Waals surface area contributed by atoms with Gasteiger partial charge in [-0.1, -0.05) is 54.6 Å². The van der Waals surface area contributed by atoms with E-state index in [4.69, 9.17) is 15.2 Å². The number of allylic oxidation sites excluding steroid dienone is 2. The number of phenols is 1. The summed E-state index contributed by atoms with van der Waals surface area (Å²) in [5, 5.41) is 12.4. The predicted octanol–water partition coefficient (Wildman–Crippen LogP) is 11.2. The van der Waals surface area contributed by atoms with Crippen LogP contribution in [-0.4, -0.2) is 43.5 Å². The molecule has 1 aromatic heterocycles. The molecular weight excluding hydrogens is 903 g/mol. The fourth-order valence-electron chi connectivity index (χ4n) is 5.20. The summed E-state index contributed by atoms with van der Waals surface area (Å²) in [6, 6.07) is 34.3. The van der Waals surface area contributed by atoms with Crippen LogP contribution < -0.4 is 10.5 Å². The second kappa shape index (κ2) is 20.8. The molecule has 0 amide bonds. The van der Waals surface area contributed by atoms with Gasteiger partial charge in [-0.05, 0) is 128 Å². The van der Waals surface area contributed by atoms with Gasteiger partial charge >= 0.3 is 9.15 Å². The van der Waals surface area contributed by atoms with Crippen molar-refractivity contribution in [2.75, 3.05) is 12.8 Å². The number of carbonyl (C=O) groups excluding carboxylic acids is 3. The highest BCUT2D eigenvalue weighted by Crippen LogP contribution is 2.23. The minimum atomic E-state index is -0.507. The summed E-state index contributed by atoms with van der Waals surface area (Å²) in [6.07, 6.45) is 6.71. The molecule has 0 unspecified atom stereocenters. The van der Waals surface area contributed by atoms with E-state index in [2.05, 4.69) is 52.3 Å². The number of ether oxygens (including phenoxy) is 2. The van der Waals surface area contributed by atoms with E-state index in [1.54, 1.807) is 98.1 Å². The molecule has 0 fully saturated rings. The van der Waals surface area contributed by atoms with Crippen molar-refractivity contribution in [1.82, 2.24) is 4.98 Å². The Morgan fingerprint density at radius 3 is 1.93 bits per heavy atom. The zero-order chi connectivity index (χ0) is 40.8. The number of benzene rings is 5. The second-order valence-corrected chi connectivity index (χ2v) is 19.7. The lowest BCUT2D eigenvalue weighted by atomic mass is 10.0. The molecule has 0 bridgehead atoms. The number of nitrogens with two attached hydrogens (primary N) is 1. The summed E-state index contributed by atoms with van der Waals surface area (Å²) < 4.78 is 10.8. The number of nitrogen functional groups attached to an aromatic ring is 1. The first kappa shape index (κ1) is 43.7. The highest BCUT2D eigenvalue weighted by atomic mass is 79.9. The summed E-state index contributed by atoms with van der Waals surface area (Å²) >= 11 is 9.31. The van der Waals surface area contributed by atoms with Crippen molar-refractivity contribution in [2.45, 2.75) is 32.8 Å². The van der Waals surface area contributed by atoms with Gasteiger partial charge in [0.15, 0.2) is 11.6 Å². The van der Waals surface area contributed by atoms with Crippen LogP contribution in [0.3, 0.4) is 0 Å². The highest BCUT2D eigenvalue weighted by Gasteiger charge is 2.16. The van der Waals surface area contributed by atoms with Crippen LogP contribution in [0.1, 0.15) is 58.3 Å². The van der Waals surface area contributed by atoms with Crippen LogP contribution in [0.2, 0.25) is 0 Å². The van der Waals surface area contributed by atoms with Gasteiger partial charge in [0, 0.05) is 22.2 Å². The molecule has 12 heteroatoms. The number of ketones is 2. The van der Waals surface area contributed by atoms with Gasteiger partial charge in [0.1, 0.15) is 17.1 Å². The summed E-state index contributed by atoms with van der Waals surface area (Å²) in [5.74, 6) is 0.545. The fourth-order valence-corrected chi connectivity index (χ4v) is 5.20. The third-order valence-electron chi connectivity index (χ3n) is 7.80. The topological polar surface area (TPSA) is 129 Å². The van der Waals surface area contributed by atoms with Crippen LogP contribution >= 0.6 is 47.3 Å². The molecule has 0 saturated carbocycles. The molecule has 0 aliphatic carbocycles. The Labute approximate surface area is 351 Å². The van der Waals surface area contributed by atoms with Crippen molar-refractivity contribution in [1.29, 1.82) is 0 Å².